The molecule has 0 aliphatic rings. The molecule has 1 aromatic carbocycles. The van der Waals surface area contributed by atoms with Crippen LogP contribution < -0.4 is 10.1 Å². The lowest BCUT2D eigenvalue weighted by molar-refractivity contribution is -0.118. The molecule has 1 amide bonds. The monoisotopic (exact) mass is 358 g/mol. The summed E-state index contributed by atoms with van der Waals surface area (Å²) in [4.78, 5) is 12.0. The SMILES string of the molecule is COc1ccc(CNC(=O)CSc2nnc(-c3ccco3)n2C)cc1. The first kappa shape index (κ1) is 17.1. The highest BCUT2D eigenvalue weighted by molar-refractivity contribution is 7.99. The highest BCUT2D eigenvalue weighted by Gasteiger charge is 2.14. The number of rotatable bonds is 7. The fourth-order valence-corrected chi connectivity index (χ4v) is 2.93. The molecule has 0 radical (unpaired) electrons. The van der Waals surface area contributed by atoms with Crippen molar-refractivity contribution >= 4 is 17.7 Å². The number of nitrogens with one attached hydrogen (secondary N) is 1. The first-order valence-electron chi connectivity index (χ1n) is 7.63. The molecule has 0 saturated heterocycles. The molecular formula is C17H18N4O3S. The largest absolute Gasteiger partial charge is 0.497 e. The van der Waals surface area contributed by atoms with Gasteiger partial charge in [0.05, 0.1) is 19.1 Å². The minimum atomic E-state index is -0.0663. The topological polar surface area (TPSA) is 82.2 Å². The lowest BCUT2D eigenvalue weighted by Gasteiger charge is -2.06. The number of furan rings is 1. The number of thioether (sulfide) groups is 1. The van der Waals surface area contributed by atoms with Crippen LogP contribution in [0.15, 0.2) is 52.2 Å². The maximum atomic E-state index is 12.0. The van der Waals surface area contributed by atoms with E-state index in [0.717, 1.165) is 11.3 Å². The van der Waals surface area contributed by atoms with Gasteiger partial charge in [-0.25, -0.2) is 0 Å². The van der Waals surface area contributed by atoms with E-state index in [0.29, 0.717) is 23.3 Å². The standard InChI is InChI=1S/C17H18N4O3S/c1-21-16(14-4-3-9-24-14)19-20-17(21)25-11-15(22)18-10-12-5-7-13(23-2)8-6-12/h3-9H,10-11H2,1-2H3,(H,18,22). The molecule has 130 valence electrons. The maximum Gasteiger partial charge on any atom is 0.230 e. The van der Waals surface area contributed by atoms with Gasteiger partial charge in [-0.3, -0.25) is 4.79 Å². The molecule has 3 aromatic rings. The molecule has 0 bridgehead atoms. The van der Waals surface area contributed by atoms with Gasteiger partial charge in [-0.05, 0) is 29.8 Å². The average Bonchev–Trinajstić information content (AvgIpc) is 3.28. The van der Waals surface area contributed by atoms with E-state index < -0.39 is 0 Å². The van der Waals surface area contributed by atoms with Gasteiger partial charge in [-0.2, -0.15) is 0 Å². The number of hydrogen-bond donors (Lipinski definition) is 1. The zero-order chi connectivity index (χ0) is 17.6. The molecule has 7 nitrogen and oxygen atoms in total. The molecule has 25 heavy (non-hydrogen) atoms. The highest BCUT2D eigenvalue weighted by Crippen LogP contribution is 2.22. The predicted molar refractivity (Wildman–Crippen MR) is 94.3 cm³/mol. The number of aromatic nitrogens is 3. The van der Waals surface area contributed by atoms with Gasteiger partial charge in [0.15, 0.2) is 16.7 Å². The van der Waals surface area contributed by atoms with Gasteiger partial charge in [-0.1, -0.05) is 23.9 Å². The number of benzene rings is 1. The van der Waals surface area contributed by atoms with Crippen molar-refractivity contribution < 1.29 is 13.9 Å². The number of nitrogens with zero attached hydrogens (tertiary/aromatic N) is 3. The average molecular weight is 358 g/mol. The van der Waals surface area contributed by atoms with Gasteiger partial charge in [0.2, 0.25) is 5.91 Å². The number of methoxy groups -OCH3 is 1. The van der Waals surface area contributed by atoms with Crippen molar-refractivity contribution in [1.82, 2.24) is 20.1 Å². The summed E-state index contributed by atoms with van der Waals surface area (Å²) in [6.07, 6.45) is 1.59. The Kier molecular flexibility index (Phi) is 5.39. The van der Waals surface area contributed by atoms with Crippen molar-refractivity contribution in [2.45, 2.75) is 11.7 Å². The van der Waals surface area contributed by atoms with Crippen molar-refractivity contribution in [3.8, 4) is 17.3 Å². The van der Waals surface area contributed by atoms with E-state index in [1.807, 2.05) is 37.4 Å². The lowest BCUT2D eigenvalue weighted by atomic mass is 10.2. The molecule has 0 unspecified atom stereocenters. The van der Waals surface area contributed by atoms with Gasteiger partial charge < -0.3 is 19.0 Å². The van der Waals surface area contributed by atoms with E-state index in [4.69, 9.17) is 9.15 Å². The Morgan fingerprint density at radius 2 is 2.08 bits per heavy atom. The Balaban J connectivity index is 1.50. The van der Waals surface area contributed by atoms with E-state index >= 15 is 0 Å². The van der Waals surface area contributed by atoms with E-state index in [1.54, 1.807) is 24.0 Å². The van der Waals surface area contributed by atoms with Crippen molar-refractivity contribution in [1.29, 1.82) is 0 Å². The quantitative estimate of drug-likeness (QED) is 0.654. The van der Waals surface area contributed by atoms with E-state index in [1.165, 1.54) is 11.8 Å². The molecule has 0 saturated carbocycles. The molecule has 0 aliphatic heterocycles. The predicted octanol–water partition coefficient (Wildman–Crippen LogP) is 2.49. The zero-order valence-corrected chi connectivity index (χ0v) is 14.7. The summed E-state index contributed by atoms with van der Waals surface area (Å²) in [5.41, 5.74) is 1.01. The Morgan fingerprint density at radius 1 is 1.28 bits per heavy atom. The molecule has 2 aromatic heterocycles. The molecule has 8 heteroatoms. The normalized spacial score (nSPS) is 10.6. The van der Waals surface area contributed by atoms with E-state index in [2.05, 4.69) is 15.5 Å². The molecule has 3 rings (SSSR count). The summed E-state index contributed by atoms with van der Waals surface area (Å²) in [6.45, 7) is 0.472. The summed E-state index contributed by atoms with van der Waals surface area (Å²) >= 11 is 1.33. The second kappa shape index (κ2) is 7.89. The first-order valence-corrected chi connectivity index (χ1v) is 8.61. The maximum absolute atomic E-state index is 12.0. The lowest BCUT2D eigenvalue weighted by Crippen LogP contribution is -2.24. The number of carbonyl (C=O) groups is 1. The fraction of sp³-hybridized carbons (Fsp3) is 0.235. The van der Waals surface area contributed by atoms with Gasteiger partial charge in [-0.15, -0.1) is 10.2 Å². The van der Waals surface area contributed by atoms with Crippen LogP contribution in [0.4, 0.5) is 0 Å². The van der Waals surface area contributed by atoms with E-state index in [-0.39, 0.29) is 11.7 Å². The molecule has 1 N–H and O–H groups in total. The number of amides is 1. The van der Waals surface area contributed by atoms with Crippen LogP contribution in [-0.2, 0) is 18.4 Å². The number of carbonyl (C=O) groups excluding carboxylic acids is 1. The third kappa shape index (κ3) is 4.21. The molecule has 0 fully saturated rings. The van der Waals surface area contributed by atoms with Crippen LogP contribution in [0.2, 0.25) is 0 Å². The van der Waals surface area contributed by atoms with Gasteiger partial charge in [0.25, 0.3) is 0 Å². The smallest absolute Gasteiger partial charge is 0.230 e. The van der Waals surface area contributed by atoms with Gasteiger partial charge in [0.1, 0.15) is 5.75 Å². The van der Waals surface area contributed by atoms with Crippen LogP contribution in [0.1, 0.15) is 5.56 Å². The van der Waals surface area contributed by atoms with Crippen LogP contribution in [0.3, 0.4) is 0 Å². The Bertz CT molecular complexity index is 828. The van der Waals surface area contributed by atoms with Crippen molar-refractivity contribution in [2.75, 3.05) is 12.9 Å². The van der Waals surface area contributed by atoms with Crippen molar-refractivity contribution in [3.63, 3.8) is 0 Å². The molecule has 2 heterocycles. The molecule has 0 spiro atoms. The molecule has 0 atom stereocenters. The second-order valence-corrected chi connectivity index (χ2v) is 6.20. The van der Waals surface area contributed by atoms with Gasteiger partial charge in [0, 0.05) is 13.6 Å². The van der Waals surface area contributed by atoms with Crippen molar-refractivity contribution in [3.05, 3.63) is 48.2 Å². The summed E-state index contributed by atoms with van der Waals surface area (Å²) in [6, 6.07) is 11.2. The van der Waals surface area contributed by atoms with Crippen LogP contribution in [-0.4, -0.2) is 33.5 Å². The third-order valence-electron chi connectivity index (χ3n) is 3.56. The van der Waals surface area contributed by atoms with Crippen molar-refractivity contribution in [2.24, 2.45) is 7.05 Å². The van der Waals surface area contributed by atoms with Crippen LogP contribution in [0.25, 0.3) is 11.6 Å². The second-order valence-electron chi connectivity index (χ2n) is 5.26. The summed E-state index contributed by atoms with van der Waals surface area (Å²) < 4.78 is 12.2. The summed E-state index contributed by atoms with van der Waals surface area (Å²) in [7, 11) is 3.47. The third-order valence-corrected chi connectivity index (χ3v) is 4.58. The zero-order valence-electron chi connectivity index (χ0n) is 13.9. The fourth-order valence-electron chi connectivity index (χ4n) is 2.19. The summed E-state index contributed by atoms with van der Waals surface area (Å²) in [5, 5.41) is 11.7. The number of hydrogen-bond acceptors (Lipinski definition) is 6. The Morgan fingerprint density at radius 3 is 2.76 bits per heavy atom. The Hall–Kier alpha value is -2.74. The minimum Gasteiger partial charge on any atom is -0.497 e. The first-order chi connectivity index (χ1) is 12.2. The minimum absolute atomic E-state index is 0.0663. The van der Waals surface area contributed by atoms with Crippen LogP contribution in [0.5, 0.6) is 5.75 Å². The molecular weight excluding hydrogens is 340 g/mol. The van der Waals surface area contributed by atoms with Crippen LogP contribution in [0, 0.1) is 0 Å². The van der Waals surface area contributed by atoms with Crippen LogP contribution >= 0.6 is 11.8 Å². The molecule has 0 aliphatic carbocycles. The number of ether oxygens (including phenoxy) is 1. The highest BCUT2D eigenvalue weighted by atomic mass is 32.2. The van der Waals surface area contributed by atoms with Gasteiger partial charge >= 0.3 is 0 Å². The van der Waals surface area contributed by atoms with E-state index in [9.17, 15) is 4.79 Å². The summed E-state index contributed by atoms with van der Waals surface area (Å²) in [5.74, 6) is 2.26. The Labute approximate surface area is 149 Å².